The second-order valence-electron chi connectivity index (χ2n) is 3.68. The number of rotatable bonds is 8. The molecule has 1 aromatic heterocycles. The number of unbranched alkanes of at least 4 members (excludes halogenated alkanes) is 1. The summed E-state index contributed by atoms with van der Waals surface area (Å²) in [6.45, 7) is 1.37. The molecular formula is C10H18F2N4O. The monoisotopic (exact) mass is 248 g/mol. The Morgan fingerprint density at radius 1 is 1.41 bits per heavy atom. The van der Waals surface area contributed by atoms with Gasteiger partial charge in [0.05, 0.1) is 0 Å². The van der Waals surface area contributed by atoms with Crippen molar-refractivity contribution in [3.63, 3.8) is 0 Å². The minimum Gasteiger partial charge on any atom is -0.385 e. The van der Waals surface area contributed by atoms with E-state index in [4.69, 9.17) is 4.74 Å². The van der Waals surface area contributed by atoms with Gasteiger partial charge in [-0.3, -0.25) is 0 Å². The fraction of sp³-hybridized carbons (Fsp3) is 0.800. The van der Waals surface area contributed by atoms with Gasteiger partial charge in [0.1, 0.15) is 11.4 Å². The third kappa shape index (κ3) is 4.01. The molecular weight excluding hydrogens is 230 g/mol. The number of halogens is 2. The molecule has 0 aliphatic carbocycles. The van der Waals surface area contributed by atoms with E-state index in [1.807, 2.05) is 0 Å². The molecule has 0 bridgehead atoms. The number of ether oxygens (including phenoxy) is 1. The van der Waals surface area contributed by atoms with Crippen LogP contribution in [0.15, 0.2) is 0 Å². The second kappa shape index (κ2) is 7.29. The van der Waals surface area contributed by atoms with Gasteiger partial charge in [0.2, 0.25) is 0 Å². The molecule has 1 aromatic rings. The average molecular weight is 248 g/mol. The van der Waals surface area contributed by atoms with Gasteiger partial charge in [0, 0.05) is 26.8 Å². The van der Waals surface area contributed by atoms with Crippen LogP contribution in [0.2, 0.25) is 0 Å². The smallest absolute Gasteiger partial charge is 0.281 e. The molecule has 7 heteroatoms. The lowest BCUT2D eigenvalue weighted by atomic mass is 10.3. The van der Waals surface area contributed by atoms with Crippen molar-refractivity contribution in [1.29, 1.82) is 0 Å². The summed E-state index contributed by atoms with van der Waals surface area (Å²) in [5.74, 6) is 0. The Morgan fingerprint density at radius 2 is 2.18 bits per heavy atom. The van der Waals surface area contributed by atoms with Gasteiger partial charge in [-0.05, 0) is 19.9 Å². The van der Waals surface area contributed by atoms with Gasteiger partial charge in [-0.2, -0.15) is 0 Å². The van der Waals surface area contributed by atoms with Crippen LogP contribution in [0.5, 0.6) is 0 Å². The van der Waals surface area contributed by atoms with Gasteiger partial charge in [0.15, 0.2) is 0 Å². The summed E-state index contributed by atoms with van der Waals surface area (Å²) in [7, 11) is 3.30. The summed E-state index contributed by atoms with van der Waals surface area (Å²) in [6.07, 6.45) is -0.980. The highest BCUT2D eigenvalue weighted by molar-refractivity contribution is 5.11. The Hall–Kier alpha value is -1.08. The quantitative estimate of drug-likeness (QED) is 0.706. The van der Waals surface area contributed by atoms with E-state index >= 15 is 0 Å². The molecule has 0 atom stereocenters. The first-order chi connectivity index (χ1) is 8.20. The fourth-order valence-electron chi connectivity index (χ4n) is 1.56. The van der Waals surface area contributed by atoms with Crippen LogP contribution in [-0.2, 0) is 17.8 Å². The van der Waals surface area contributed by atoms with Crippen molar-refractivity contribution in [2.24, 2.45) is 0 Å². The molecule has 0 aromatic carbocycles. The molecule has 1 heterocycles. The maximum Gasteiger partial charge on any atom is 0.281 e. The zero-order chi connectivity index (χ0) is 12.7. The Balaban J connectivity index is 2.64. The summed E-state index contributed by atoms with van der Waals surface area (Å²) >= 11 is 0. The highest BCUT2D eigenvalue weighted by Gasteiger charge is 2.20. The van der Waals surface area contributed by atoms with Gasteiger partial charge < -0.3 is 10.1 Å². The highest BCUT2D eigenvalue weighted by atomic mass is 19.3. The van der Waals surface area contributed by atoms with E-state index in [1.165, 1.54) is 4.68 Å². The standard InChI is InChI=1S/C10H18F2N4O/c1-13-7-8-9(10(11)12)16(15-14-8)5-3-4-6-17-2/h10,13H,3-7H2,1-2H3. The van der Waals surface area contributed by atoms with E-state index in [0.717, 1.165) is 12.8 Å². The highest BCUT2D eigenvalue weighted by Crippen LogP contribution is 2.21. The van der Waals surface area contributed by atoms with Crippen LogP contribution in [0.3, 0.4) is 0 Å². The van der Waals surface area contributed by atoms with Gasteiger partial charge in [-0.1, -0.05) is 5.21 Å². The molecule has 17 heavy (non-hydrogen) atoms. The molecule has 98 valence electrons. The van der Waals surface area contributed by atoms with Crippen LogP contribution >= 0.6 is 0 Å². The Kier molecular flexibility index (Phi) is 5.99. The molecule has 1 rings (SSSR count). The first-order valence-electron chi connectivity index (χ1n) is 5.54. The summed E-state index contributed by atoms with van der Waals surface area (Å²) in [6, 6.07) is 0. The van der Waals surface area contributed by atoms with Gasteiger partial charge in [-0.15, -0.1) is 5.10 Å². The molecule has 0 amide bonds. The van der Waals surface area contributed by atoms with Gasteiger partial charge in [-0.25, -0.2) is 13.5 Å². The van der Waals surface area contributed by atoms with Gasteiger partial charge in [0.25, 0.3) is 6.43 Å². The fourth-order valence-corrected chi connectivity index (χ4v) is 1.56. The van der Waals surface area contributed by atoms with E-state index in [1.54, 1.807) is 14.2 Å². The summed E-state index contributed by atoms with van der Waals surface area (Å²) in [5, 5.41) is 10.3. The van der Waals surface area contributed by atoms with Crippen molar-refractivity contribution < 1.29 is 13.5 Å². The molecule has 0 saturated carbocycles. The first kappa shape index (κ1) is 14.0. The predicted octanol–water partition coefficient (Wildman–Crippen LogP) is 1.36. The van der Waals surface area contributed by atoms with Crippen molar-refractivity contribution in [3.8, 4) is 0 Å². The van der Waals surface area contributed by atoms with E-state index in [0.29, 0.717) is 25.4 Å². The number of aromatic nitrogens is 3. The average Bonchev–Trinajstić information content (AvgIpc) is 2.68. The molecule has 0 unspecified atom stereocenters. The van der Waals surface area contributed by atoms with Crippen LogP contribution < -0.4 is 5.32 Å². The summed E-state index contributed by atoms with van der Waals surface area (Å²) in [5.41, 5.74) is 0.228. The molecule has 0 radical (unpaired) electrons. The number of nitrogens with zero attached hydrogens (tertiary/aromatic N) is 3. The van der Waals surface area contributed by atoms with Crippen LogP contribution in [0.25, 0.3) is 0 Å². The van der Waals surface area contributed by atoms with Crippen LogP contribution in [0, 0.1) is 0 Å². The van der Waals surface area contributed by atoms with E-state index in [2.05, 4.69) is 15.6 Å². The predicted molar refractivity (Wildman–Crippen MR) is 58.9 cm³/mol. The SMILES string of the molecule is CNCc1nnn(CCCCOC)c1C(F)F. The number of methoxy groups -OCH3 is 1. The van der Waals surface area contributed by atoms with Crippen molar-refractivity contribution >= 4 is 0 Å². The van der Waals surface area contributed by atoms with Crippen LogP contribution in [0.4, 0.5) is 8.78 Å². The third-order valence-corrected chi connectivity index (χ3v) is 2.37. The molecule has 1 N–H and O–H groups in total. The Labute approximate surface area is 99.1 Å². The lowest BCUT2D eigenvalue weighted by molar-refractivity contribution is 0.136. The van der Waals surface area contributed by atoms with E-state index < -0.39 is 6.43 Å². The number of nitrogens with one attached hydrogen (secondary N) is 1. The lowest BCUT2D eigenvalue weighted by Crippen LogP contribution is -2.11. The van der Waals surface area contributed by atoms with Gasteiger partial charge >= 0.3 is 0 Å². The van der Waals surface area contributed by atoms with Crippen LogP contribution in [-0.4, -0.2) is 35.8 Å². The normalized spacial score (nSPS) is 11.4. The Bertz CT molecular complexity index is 330. The van der Waals surface area contributed by atoms with Crippen molar-refractivity contribution in [2.75, 3.05) is 20.8 Å². The van der Waals surface area contributed by atoms with Crippen LogP contribution in [0.1, 0.15) is 30.7 Å². The Morgan fingerprint density at radius 3 is 2.76 bits per heavy atom. The molecule has 5 nitrogen and oxygen atoms in total. The maximum absolute atomic E-state index is 12.9. The lowest BCUT2D eigenvalue weighted by Gasteiger charge is -2.06. The largest absolute Gasteiger partial charge is 0.385 e. The first-order valence-corrected chi connectivity index (χ1v) is 5.54. The zero-order valence-corrected chi connectivity index (χ0v) is 10.1. The van der Waals surface area contributed by atoms with Crippen molar-refractivity contribution in [1.82, 2.24) is 20.3 Å². The summed E-state index contributed by atoms with van der Waals surface area (Å²) in [4.78, 5) is 0. The second-order valence-corrected chi connectivity index (χ2v) is 3.68. The number of hydrogen-bond acceptors (Lipinski definition) is 4. The molecule has 0 aliphatic heterocycles. The van der Waals surface area contributed by atoms with E-state index in [9.17, 15) is 8.78 Å². The molecule has 0 aliphatic rings. The van der Waals surface area contributed by atoms with E-state index in [-0.39, 0.29) is 5.69 Å². The van der Waals surface area contributed by atoms with Crippen molar-refractivity contribution in [2.45, 2.75) is 32.4 Å². The minimum atomic E-state index is -2.55. The minimum absolute atomic E-state index is 0.0863. The third-order valence-electron chi connectivity index (χ3n) is 2.37. The maximum atomic E-state index is 12.9. The van der Waals surface area contributed by atoms with Crippen molar-refractivity contribution in [3.05, 3.63) is 11.4 Å². The number of hydrogen-bond donors (Lipinski definition) is 1. The zero-order valence-electron chi connectivity index (χ0n) is 10.1. The number of aryl methyl sites for hydroxylation is 1. The number of alkyl halides is 2. The summed E-state index contributed by atoms with van der Waals surface area (Å²) < 4.78 is 31.9. The molecule has 0 fully saturated rings. The molecule has 0 saturated heterocycles. The topological polar surface area (TPSA) is 52.0 Å². The molecule has 0 spiro atoms.